The van der Waals surface area contributed by atoms with Gasteiger partial charge in [-0.05, 0) is 48.4 Å². The van der Waals surface area contributed by atoms with E-state index < -0.39 is 16.1 Å². The summed E-state index contributed by atoms with van der Waals surface area (Å²) in [6.45, 7) is 1.85. The minimum atomic E-state index is -4.14. The number of fused-ring (bicyclic) bond motifs is 1. The van der Waals surface area contributed by atoms with Gasteiger partial charge in [0.2, 0.25) is 11.7 Å². The summed E-state index contributed by atoms with van der Waals surface area (Å²) in [6.07, 6.45) is 0.785. The normalized spacial score (nSPS) is 14.4. The molecule has 1 aliphatic heterocycles. The summed E-state index contributed by atoms with van der Waals surface area (Å²) < 4.78 is 44.0. The summed E-state index contributed by atoms with van der Waals surface area (Å²) in [7, 11) is -1.11. The summed E-state index contributed by atoms with van der Waals surface area (Å²) in [5.41, 5.74) is 2.04. The SMILES string of the molecule is CCc1ccc(N2C(=O)N(Cc3nc(-c4cccc(OC)c4OC)no3)c3ccccc3S2(=O)=O)cc1. The highest BCUT2D eigenvalue weighted by Gasteiger charge is 2.43. The molecular formula is C26H24N4O6S. The first-order valence-corrected chi connectivity index (χ1v) is 12.9. The van der Waals surface area contributed by atoms with E-state index >= 15 is 0 Å². The first kappa shape index (κ1) is 24.3. The molecule has 190 valence electrons. The number of urea groups is 1. The van der Waals surface area contributed by atoms with E-state index in [9.17, 15) is 13.2 Å². The Bertz CT molecular complexity index is 1570. The Balaban J connectivity index is 1.54. The molecule has 0 bridgehead atoms. The molecule has 5 rings (SSSR count). The molecule has 0 fully saturated rings. The van der Waals surface area contributed by atoms with Crippen LogP contribution in [0.15, 0.2) is 76.1 Å². The molecule has 0 N–H and O–H groups in total. The zero-order valence-electron chi connectivity index (χ0n) is 20.4. The van der Waals surface area contributed by atoms with Gasteiger partial charge in [-0.15, -0.1) is 0 Å². The largest absolute Gasteiger partial charge is 0.493 e. The number of ether oxygens (including phenoxy) is 2. The van der Waals surface area contributed by atoms with Crippen LogP contribution in [0.5, 0.6) is 11.5 Å². The van der Waals surface area contributed by atoms with Crippen molar-refractivity contribution in [2.24, 2.45) is 0 Å². The zero-order chi connectivity index (χ0) is 26.2. The highest BCUT2D eigenvalue weighted by Crippen LogP contribution is 2.39. The number of amides is 2. The number of hydrogen-bond acceptors (Lipinski definition) is 8. The van der Waals surface area contributed by atoms with Gasteiger partial charge in [0, 0.05) is 0 Å². The molecule has 1 aliphatic rings. The Morgan fingerprint density at radius 2 is 1.70 bits per heavy atom. The van der Waals surface area contributed by atoms with E-state index in [1.54, 1.807) is 60.7 Å². The number of rotatable bonds is 7. The standard InChI is InChI=1S/C26H24N4O6S/c1-4-17-12-14-18(15-13-17)30-26(31)29(20-9-5-6-11-22(20)37(30,32)33)16-23-27-25(28-36-23)19-8-7-10-21(34-2)24(19)35-3/h5-15H,4,16H2,1-3H3. The van der Waals surface area contributed by atoms with Crippen molar-refractivity contribution in [3.63, 3.8) is 0 Å². The van der Waals surface area contributed by atoms with E-state index in [4.69, 9.17) is 14.0 Å². The number of benzene rings is 3. The monoisotopic (exact) mass is 520 g/mol. The predicted molar refractivity (Wildman–Crippen MR) is 136 cm³/mol. The summed E-state index contributed by atoms with van der Waals surface area (Å²) in [5, 5.41) is 4.05. The fourth-order valence-electron chi connectivity index (χ4n) is 4.21. The van der Waals surface area contributed by atoms with Crippen LogP contribution in [-0.4, -0.2) is 38.8 Å². The van der Waals surface area contributed by atoms with Gasteiger partial charge in [0.25, 0.3) is 10.0 Å². The lowest BCUT2D eigenvalue weighted by atomic mass is 10.1. The number of para-hydroxylation sites is 2. The fourth-order valence-corrected chi connectivity index (χ4v) is 5.80. The summed E-state index contributed by atoms with van der Waals surface area (Å²) in [6, 6.07) is 17.7. The second-order valence-electron chi connectivity index (χ2n) is 8.18. The molecule has 4 aromatic rings. The average Bonchev–Trinajstić information content (AvgIpc) is 3.39. The molecule has 10 nitrogen and oxygen atoms in total. The molecule has 37 heavy (non-hydrogen) atoms. The van der Waals surface area contributed by atoms with Gasteiger partial charge in [0.1, 0.15) is 11.4 Å². The second-order valence-corrected chi connectivity index (χ2v) is 9.93. The van der Waals surface area contributed by atoms with E-state index in [0.717, 1.165) is 16.3 Å². The number of anilines is 2. The summed E-state index contributed by atoms with van der Waals surface area (Å²) in [5.74, 6) is 1.29. The Kier molecular flexibility index (Phi) is 6.30. The summed E-state index contributed by atoms with van der Waals surface area (Å²) >= 11 is 0. The van der Waals surface area contributed by atoms with Crippen molar-refractivity contribution in [1.29, 1.82) is 0 Å². The molecule has 1 aromatic heterocycles. The molecule has 11 heteroatoms. The number of hydrogen-bond donors (Lipinski definition) is 0. The Hall–Kier alpha value is -4.38. The third kappa shape index (κ3) is 4.16. The first-order chi connectivity index (χ1) is 17.9. The molecule has 0 atom stereocenters. The average molecular weight is 521 g/mol. The molecule has 0 radical (unpaired) electrons. The molecule has 3 aromatic carbocycles. The lowest BCUT2D eigenvalue weighted by Gasteiger charge is -2.35. The van der Waals surface area contributed by atoms with Crippen LogP contribution < -0.4 is 18.7 Å². The summed E-state index contributed by atoms with van der Waals surface area (Å²) in [4.78, 5) is 19.4. The van der Waals surface area contributed by atoms with E-state index in [-0.39, 0.29) is 34.5 Å². The van der Waals surface area contributed by atoms with Gasteiger partial charge < -0.3 is 14.0 Å². The number of sulfonamides is 1. The molecule has 0 spiro atoms. The van der Waals surface area contributed by atoms with Crippen molar-refractivity contribution < 1.29 is 27.2 Å². The van der Waals surface area contributed by atoms with Crippen LogP contribution in [-0.2, 0) is 23.0 Å². The third-order valence-corrected chi connectivity index (χ3v) is 7.81. The number of carbonyl (C=O) groups is 1. The smallest absolute Gasteiger partial charge is 0.343 e. The van der Waals surface area contributed by atoms with Crippen molar-refractivity contribution in [3.05, 3.63) is 78.2 Å². The van der Waals surface area contributed by atoms with Crippen molar-refractivity contribution in [1.82, 2.24) is 10.1 Å². The fraction of sp³-hybridized carbons (Fsp3) is 0.192. The van der Waals surface area contributed by atoms with E-state index in [0.29, 0.717) is 17.1 Å². The lowest BCUT2D eigenvalue weighted by molar-refractivity contribution is 0.252. The predicted octanol–water partition coefficient (Wildman–Crippen LogP) is 4.65. The topological polar surface area (TPSA) is 115 Å². The molecule has 0 aliphatic carbocycles. The van der Waals surface area contributed by atoms with Crippen LogP contribution in [0.3, 0.4) is 0 Å². The number of carbonyl (C=O) groups excluding carboxylic acids is 1. The maximum atomic E-state index is 13.7. The second kappa shape index (κ2) is 9.58. The van der Waals surface area contributed by atoms with Gasteiger partial charge >= 0.3 is 6.03 Å². The quantitative estimate of drug-likeness (QED) is 0.346. The molecule has 2 heterocycles. The number of methoxy groups -OCH3 is 2. The first-order valence-electron chi connectivity index (χ1n) is 11.5. The Labute approximate surface area is 214 Å². The van der Waals surface area contributed by atoms with Crippen LogP contribution in [0.25, 0.3) is 11.4 Å². The zero-order valence-corrected chi connectivity index (χ0v) is 21.2. The van der Waals surface area contributed by atoms with Crippen molar-refractivity contribution in [2.75, 3.05) is 23.4 Å². The third-order valence-electron chi connectivity index (χ3n) is 6.06. The maximum Gasteiger partial charge on any atom is 0.343 e. The number of aromatic nitrogens is 2. The van der Waals surface area contributed by atoms with E-state index in [2.05, 4.69) is 10.1 Å². The van der Waals surface area contributed by atoms with Gasteiger partial charge in [-0.3, -0.25) is 4.90 Å². The highest BCUT2D eigenvalue weighted by molar-refractivity contribution is 7.94. The van der Waals surface area contributed by atoms with Crippen LogP contribution in [0.4, 0.5) is 16.2 Å². The molecular weight excluding hydrogens is 496 g/mol. The minimum absolute atomic E-state index is 0.00312. The molecule has 0 saturated heterocycles. The number of nitrogens with zero attached hydrogens (tertiary/aromatic N) is 4. The molecule has 0 saturated carbocycles. The van der Waals surface area contributed by atoms with Gasteiger partial charge in [-0.2, -0.15) is 9.29 Å². The Morgan fingerprint density at radius 1 is 0.946 bits per heavy atom. The van der Waals surface area contributed by atoms with Crippen LogP contribution in [0.1, 0.15) is 18.4 Å². The van der Waals surface area contributed by atoms with Gasteiger partial charge in [0.05, 0.1) is 31.2 Å². The highest BCUT2D eigenvalue weighted by atomic mass is 32.2. The molecule has 2 amide bonds. The van der Waals surface area contributed by atoms with E-state index in [1.807, 2.05) is 6.92 Å². The van der Waals surface area contributed by atoms with Gasteiger partial charge in [-0.1, -0.05) is 42.4 Å². The van der Waals surface area contributed by atoms with Crippen LogP contribution in [0.2, 0.25) is 0 Å². The number of aryl methyl sites for hydroxylation is 1. The lowest BCUT2D eigenvalue weighted by Crippen LogP contribution is -2.50. The van der Waals surface area contributed by atoms with Crippen molar-refractivity contribution in [2.45, 2.75) is 24.8 Å². The Morgan fingerprint density at radius 3 is 2.41 bits per heavy atom. The van der Waals surface area contributed by atoms with Crippen LogP contribution in [0, 0.1) is 0 Å². The van der Waals surface area contributed by atoms with Gasteiger partial charge in [-0.25, -0.2) is 13.2 Å². The van der Waals surface area contributed by atoms with Crippen LogP contribution >= 0.6 is 0 Å². The van der Waals surface area contributed by atoms with E-state index in [1.165, 1.54) is 25.2 Å². The molecule has 0 unspecified atom stereocenters. The van der Waals surface area contributed by atoms with Crippen molar-refractivity contribution in [3.8, 4) is 22.9 Å². The maximum absolute atomic E-state index is 13.7. The minimum Gasteiger partial charge on any atom is -0.493 e. The van der Waals surface area contributed by atoms with Gasteiger partial charge in [0.15, 0.2) is 11.5 Å². The van der Waals surface area contributed by atoms with Crippen molar-refractivity contribution >= 4 is 27.4 Å².